The fraction of sp³-hybridized carbons (Fsp3) is 0.500. The first kappa shape index (κ1) is 12.8. The number of nitrogens with one attached hydrogen (secondary N) is 1. The summed E-state index contributed by atoms with van der Waals surface area (Å²) in [4.78, 5) is 7.54. The van der Waals surface area contributed by atoms with E-state index in [0.717, 1.165) is 29.1 Å². The lowest BCUT2D eigenvalue weighted by molar-refractivity contribution is 0.441. The predicted molar refractivity (Wildman–Crippen MR) is 70.2 cm³/mol. The zero-order valence-electron chi connectivity index (χ0n) is 11.0. The van der Waals surface area contributed by atoms with E-state index in [0.29, 0.717) is 0 Å². The molecular weight excluding hydrogens is 196 g/mol. The minimum atomic E-state index is 0.156. The van der Waals surface area contributed by atoms with Gasteiger partial charge in [-0.3, -0.25) is 0 Å². The van der Waals surface area contributed by atoms with Crippen LogP contribution in [0.5, 0.6) is 0 Å². The van der Waals surface area contributed by atoms with Crippen molar-refractivity contribution in [3.8, 4) is 0 Å². The summed E-state index contributed by atoms with van der Waals surface area (Å²) in [5, 5.41) is 0. The number of hydrogen-bond donors (Lipinski definition) is 1. The fourth-order valence-electron chi connectivity index (χ4n) is 1.37. The summed E-state index contributed by atoms with van der Waals surface area (Å²) < 4.78 is 0. The molecule has 0 radical (unpaired) electrons. The molecule has 1 rings (SSSR count). The zero-order chi connectivity index (χ0) is 12.3. The summed E-state index contributed by atoms with van der Waals surface area (Å²) in [6, 6.07) is 0. The molecule has 1 aromatic rings. The molecule has 0 aliphatic heterocycles. The van der Waals surface area contributed by atoms with Gasteiger partial charge in [0.15, 0.2) is 0 Å². The van der Waals surface area contributed by atoms with Crippen molar-refractivity contribution < 1.29 is 0 Å². The van der Waals surface area contributed by atoms with Gasteiger partial charge in [0.05, 0.1) is 0 Å². The van der Waals surface area contributed by atoms with Crippen LogP contribution in [-0.4, -0.2) is 9.97 Å². The Labute approximate surface area is 98.5 Å². The number of aromatic amines is 1. The van der Waals surface area contributed by atoms with Gasteiger partial charge in [0.25, 0.3) is 0 Å². The molecule has 1 N–H and O–H groups in total. The van der Waals surface area contributed by atoms with Gasteiger partial charge >= 0.3 is 0 Å². The minimum Gasteiger partial charge on any atom is -0.342 e. The Morgan fingerprint density at radius 2 is 2.19 bits per heavy atom. The van der Waals surface area contributed by atoms with Crippen molar-refractivity contribution in [1.29, 1.82) is 0 Å². The van der Waals surface area contributed by atoms with E-state index in [1.165, 1.54) is 0 Å². The van der Waals surface area contributed by atoms with Crippen molar-refractivity contribution in [2.75, 3.05) is 0 Å². The highest BCUT2D eigenvalue weighted by Gasteiger charge is 2.17. The third-order valence-electron chi connectivity index (χ3n) is 3.22. The Morgan fingerprint density at radius 3 is 2.62 bits per heavy atom. The molecule has 2 heteroatoms. The van der Waals surface area contributed by atoms with Gasteiger partial charge in [-0.1, -0.05) is 33.4 Å². The van der Waals surface area contributed by atoms with Gasteiger partial charge < -0.3 is 4.98 Å². The molecule has 16 heavy (non-hydrogen) atoms. The molecule has 1 aromatic heterocycles. The zero-order valence-corrected chi connectivity index (χ0v) is 11.0. The van der Waals surface area contributed by atoms with Crippen LogP contribution in [0.15, 0.2) is 24.4 Å². The Balaban J connectivity index is 2.90. The van der Waals surface area contributed by atoms with Crippen LogP contribution in [0.1, 0.15) is 45.6 Å². The van der Waals surface area contributed by atoms with Gasteiger partial charge in [0, 0.05) is 11.9 Å². The van der Waals surface area contributed by atoms with Crippen LogP contribution in [0.2, 0.25) is 0 Å². The van der Waals surface area contributed by atoms with E-state index in [-0.39, 0.29) is 5.41 Å². The summed E-state index contributed by atoms with van der Waals surface area (Å²) in [6.07, 6.45) is 5.06. The molecular formula is C14H22N2. The number of hydrogen-bond acceptors (Lipinski definition) is 1. The lowest BCUT2D eigenvalue weighted by Gasteiger charge is -2.23. The molecule has 0 bridgehead atoms. The Kier molecular flexibility index (Phi) is 3.74. The van der Waals surface area contributed by atoms with Crippen LogP contribution in [0.25, 0.3) is 5.57 Å². The average molecular weight is 218 g/mol. The van der Waals surface area contributed by atoms with Gasteiger partial charge in [-0.25, -0.2) is 4.98 Å². The molecule has 0 aliphatic rings. The summed E-state index contributed by atoms with van der Waals surface area (Å²) >= 11 is 0. The van der Waals surface area contributed by atoms with Crippen molar-refractivity contribution in [2.24, 2.45) is 5.41 Å². The molecule has 0 amide bonds. The Bertz CT molecular complexity index is 408. The van der Waals surface area contributed by atoms with E-state index in [1.807, 2.05) is 13.1 Å². The fourth-order valence-corrected chi connectivity index (χ4v) is 1.37. The second kappa shape index (κ2) is 4.69. The largest absolute Gasteiger partial charge is 0.342 e. The topological polar surface area (TPSA) is 28.7 Å². The van der Waals surface area contributed by atoms with Gasteiger partial charge in [-0.05, 0) is 36.8 Å². The smallest absolute Gasteiger partial charge is 0.133 e. The molecule has 0 unspecified atom stereocenters. The van der Waals surface area contributed by atoms with E-state index in [4.69, 9.17) is 0 Å². The van der Waals surface area contributed by atoms with Crippen molar-refractivity contribution in [1.82, 2.24) is 9.97 Å². The Morgan fingerprint density at radius 1 is 1.56 bits per heavy atom. The third-order valence-corrected chi connectivity index (χ3v) is 3.22. The van der Waals surface area contributed by atoms with Gasteiger partial charge in [0.2, 0.25) is 0 Å². The molecule has 0 spiro atoms. The number of H-pyrrole nitrogens is 1. The Hall–Kier alpha value is -1.31. The number of rotatable bonds is 4. The summed E-state index contributed by atoms with van der Waals surface area (Å²) in [6.45, 7) is 14.8. The van der Waals surface area contributed by atoms with E-state index < -0.39 is 0 Å². The van der Waals surface area contributed by atoms with Crippen LogP contribution >= 0.6 is 0 Å². The van der Waals surface area contributed by atoms with Crippen molar-refractivity contribution >= 4 is 5.57 Å². The summed E-state index contributed by atoms with van der Waals surface area (Å²) in [5.41, 5.74) is 3.53. The number of aromatic nitrogens is 2. The number of allylic oxidation sites excluding steroid dienone is 3. The van der Waals surface area contributed by atoms with Gasteiger partial charge in [0.1, 0.15) is 5.82 Å². The molecule has 0 saturated heterocycles. The van der Waals surface area contributed by atoms with Gasteiger partial charge in [-0.15, -0.1) is 0 Å². The highest BCUT2D eigenvalue weighted by atomic mass is 14.9. The van der Waals surface area contributed by atoms with Crippen molar-refractivity contribution in [2.45, 2.75) is 41.0 Å². The van der Waals surface area contributed by atoms with E-state index >= 15 is 0 Å². The summed E-state index contributed by atoms with van der Waals surface area (Å²) in [7, 11) is 0. The van der Waals surface area contributed by atoms with Crippen molar-refractivity contribution in [3.05, 3.63) is 35.9 Å². The van der Waals surface area contributed by atoms with Crippen LogP contribution < -0.4 is 0 Å². The SMILES string of the molecule is C=C(/C=C(/C)c1ncc(C)[nH]1)C(C)(C)CC. The summed E-state index contributed by atoms with van der Waals surface area (Å²) in [5.74, 6) is 0.936. The quantitative estimate of drug-likeness (QED) is 0.757. The molecule has 2 nitrogen and oxygen atoms in total. The number of aryl methyl sites for hydroxylation is 1. The maximum absolute atomic E-state index is 4.31. The third kappa shape index (κ3) is 2.84. The monoisotopic (exact) mass is 218 g/mol. The second-order valence-corrected chi connectivity index (χ2v) is 5.00. The predicted octanol–water partition coefficient (Wildman–Crippen LogP) is 4.11. The number of imidazole rings is 1. The molecule has 1 heterocycles. The van der Waals surface area contributed by atoms with Crippen LogP contribution in [0.4, 0.5) is 0 Å². The maximum atomic E-state index is 4.31. The number of nitrogens with zero attached hydrogens (tertiary/aromatic N) is 1. The molecule has 0 fully saturated rings. The first-order valence-electron chi connectivity index (χ1n) is 5.76. The van der Waals surface area contributed by atoms with E-state index in [1.54, 1.807) is 0 Å². The maximum Gasteiger partial charge on any atom is 0.133 e. The average Bonchev–Trinajstić information content (AvgIpc) is 2.64. The molecule has 0 atom stereocenters. The minimum absolute atomic E-state index is 0.156. The lowest BCUT2D eigenvalue weighted by atomic mass is 9.82. The molecule has 88 valence electrons. The highest BCUT2D eigenvalue weighted by Crippen LogP contribution is 2.31. The molecule has 0 saturated carbocycles. The van der Waals surface area contributed by atoms with Crippen LogP contribution in [0, 0.1) is 12.3 Å². The second-order valence-electron chi connectivity index (χ2n) is 5.00. The lowest BCUT2D eigenvalue weighted by Crippen LogP contribution is -2.11. The standard InChI is InChI=1S/C14H22N2/c1-7-14(5,6)11(3)8-10(2)13-15-9-12(4)16-13/h8-9H,3,7H2,1-2,4-6H3,(H,15,16)/b10-8-. The van der Waals surface area contributed by atoms with Crippen molar-refractivity contribution in [3.63, 3.8) is 0 Å². The van der Waals surface area contributed by atoms with Crippen LogP contribution in [0.3, 0.4) is 0 Å². The first-order chi connectivity index (χ1) is 7.36. The molecule has 0 aromatic carbocycles. The van der Waals surface area contributed by atoms with E-state index in [2.05, 4.69) is 50.3 Å². The van der Waals surface area contributed by atoms with E-state index in [9.17, 15) is 0 Å². The highest BCUT2D eigenvalue weighted by molar-refractivity contribution is 5.61. The first-order valence-corrected chi connectivity index (χ1v) is 5.76. The van der Waals surface area contributed by atoms with Crippen LogP contribution in [-0.2, 0) is 0 Å². The molecule has 0 aliphatic carbocycles. The normalized spacial score (nSPS) is 12.9. The van der Waals surface area contributed by atoms with Gasteiger partial charge in [-0.2, -0.15) is 0 Å².